The van der Waals surface area contributed by atoms with E-state index in [1.54, 1.807) is 12.1 Å². The summed E-state index contributed by atoms with van der Waals surface area (Å²) in [4.78, 5) is 12.3. The highest BCUT2D eigenvalue weighted by Gasteiger charge is 2.45. The Morgan fingerprint density at radius 3 is 2.29 bits per heavy atom. The molecule has 3 atom stereocenters. The first kappa shape index (κ1) is 26.8. The number of hydrogen-bond donors (Lipinski definition) is 1. The number of allylic oxidation sites excluding steroid dienone is 3. The molecule has 1 N–H and O–H groups in total. The maximum Gasteiger partial charge on any atom is 0.308 e. The van der Waals surface area contributed by atoms with Gasteiger partial charge in [-0.15, -0.1) is 0 Å². The van der Waals surface area contributed by atoms with Gasteiger partial charge in [-0.05, 0) is 59.6 Å². The molecule has 2 saturated heterocycles. The Labute approximate surface area is 223 Å². The van der Waals surface area contributed by atoms with Crippen LogP contribution in [0.1, 0.15) is 57.1 Å². The Morgan fingerprint density at radius 1 is 1.03 bits per heavy atom. The number of halogens is 1. The molecule has 2 aromatic carbocycles. The fourth-order valence-corrected chi connectivity index (χ4v) is 8.07. The van der Waals surface area contributed by atoms with Crippen LogP contribution in [-0.4, -0.2) is 49.1 Å². The minimum Gasteiger partial charge on any atom is -0.462 e. The number of carbonyl (C=O) groups is 1. The van der Waals surface area contributed by atoms with Gasteiger partial charge in [-0.2, -0.15) is 4.31 Å². The smallest absolute Gasteiger partial charge is 0.308 e. The first-order valence-corrected chi connectivity index (χ1v) is 14.8. The summed E-state index contributed by atoms with van der Waals surface area (Å²) in [7, 11) is -3.78. The average molecular weight is 540 g/mol. The number of aliphatic hydroxyl groups excluding tert-OH is 1. The molecule has 1 unspecified atom stereocenters. The Balaban J connectivity index is 1.69. The highest BCUT2D eigenvalue weighted by Crippen LogP contribution is 2.54. The molecule has 2 fully saturated rings. The molecule has 5 rings (SSSR count). The van der Waals surface area contributed by atoms with Gasteiger partial charge in [-0.1, -0.05) is 56.3 Å². The van der Waals surface area contributed by atoms with Crippen molar-refractivity contribution in [2.45, 2.75) is 58.2 Å². The van der Waals surface area contributed by atoms with Crippen LogP contribution in [0.25, 0.3) is 11.1 Å². The molecule has 1 aliphatic carbocycles. The molecule has 3 aliphatic rings. The predicted molar refractivity (Wildman–Crippen MR) is 144 cm³/mol. The summed E-state index contributed by atoms with van der Waals surface area (Å²) in [6.07, 6.45) is 1.02. The van der Waals surface area contributed by atoms with Crippen LogP contribution in [0.15, 0.2) is 65.1 Å². The molecular weight excluding hydrogens is 505 g/mol. The van der Waals surface area contributed by atoms with Gasteiger partial charge in [0.1, 0.15) is 11.9 Å². The van der Waals surface area contributed by atoms with Crippen LogP contribution in [0.5, 0.6) is 0 Å². The maximum atomic E-state index is 14.2. The van der Waals surface area contributed by atoms with Gasteiger partial charge in [-0.3, -0.25) is 4.79 Å². The summed E-state index contributed by atoms with van der Waals surface area (Å²) < 4.78 is 49.4. The lowest BCUT2D eigenvalue weighted by Gasteiger charge is -2.32. The number of benzene rings is 2. The van der Waals surface area contributed by atoms with Gasteiger partial charge in [0.25, 0.3) is 0 Å². The molecule has 38 heavy (non-hydrogen) atoms. The van der Waals surface area contributed by atoms with Gasteiger partial charge in [0, 0.05) is 31.0 Å². The fourth-order valence-electron chi connectivity index (χ4n) is 5.91. The van der Waals surface area contributed by atoms with Crippen molar-refractivity contribution in [1.29, 1.82) is 0 Å². The molecule has 2 aromatic rings. The average Bonchev–Trinajstić information content (AvgIpc) is 3.18. The van der Waals surface area contributed by atoms with E-state index in [1.165, 1.54) is 16.4 Å². The molecule has 0 bridgehead atoms. The zero-order valence-electron chi connectivity index (χ0n) is 21.8. The maximum absolute atomic E-state index is 14.2. The van der Waals surface area contributed by atoms with Crippen molar-refractivity contribution in [2.24, 2.45) is 11.8 Å². The molecule has 0 aromatic heterocycles. The molecule has 0 amide bonds. The van der Waals surface area contributed by atoms with Crippen LogP contribution in [0.4, 0.5) is 4.39 Å². The third kappa shape index (κ3) is 5.09. The van der Waals surface area contributed by atoms with Gasteiger partial charge < -0.3 is 9.84 Å². The van der Waals surface area contributed by atoms with Crippen molar-refractivity contribution in [3.05, 3.63) is 82.0 Å². The minimum atomic E-state index is -3.78. The summed E-state index contributed by atoms with van der Waals surface area (Å²) in [6.45, 7) is 5.00. The number of hydrogen-bond acceptors (Lipinski definition) is 5. The van der Waals surface area contributed by atoms with Crippen molar-refractivity contribution in [3.8, 4) is 0 Å². The SMILES string of the molecule is CC(C)C1=C(S(=O)(=O)N2CCC2)C(c2ccccc2)=C(c2ccc(F)cc2)C1CC[C@@H]1C[C@@H](O)CC(=O)O1. The highest BCUT2D eigenvalue weighted by atomic mass is 32.2. The number of cyclic esters (lactones) is 1. The number of sulfonamides is 1. The van der Waals surface area contributed by atoms with Crippen LogP contribution in [0.2, 0.25) is 0 Å². The number of rotatable bonds is 8. The van der Waals surface area contributed by atoms with E-state index in [0.717, 1.165) is 28.7 Å². The van der Waals surface area contributed by atoms with Crippen molar-refractivity contribution >= 4 is 27.1 Å². The second-order valence-corrected chi connectivity index (χ2v) is 12.6. The summed E-state index contributed by atoms with van der Waals surface area (Å²) >= 11 is 0. The van der Waals surface area contributed by atoms with E-state index in [9.17, 15) is 22.7 Å². The molecule has 202 valence electrons. The Kier molecular flexibility index (Phi) is 7.58. The number of ether oxygens (including phenoxy) is 1. The normalized spacial score (nSPS) is 24.7. The van der Waals surface area contributed by atoms with E-state index in [2.05, 4.69) is 0 Å². The lowest BCUT2D eigenvalue weighted by atomic mass is 9.81. The van der Waals surface area contributed by atoms with Gasteiger partial charge >= 0.3 is 5.97 Å². The van der Waals surface area contributed by atoms with Crippen LogP contribution in [-0.2, 0) is 19.6 Å². The first-order chi connectivity index (χ1) is 18.2. The van der Waals surface area contributed by atoms with E-state index in [0.29, 0.717) is 42.8 Å². The van der Waals surface area contributed by atoms with E-state index in [-0.39, 0.29) is 24.1 Å². The second-order valence-electron chi connectivity index (χ2n) is 10.7. The molecule has 0 radical (unpaired) electrons. The Morgan fingerprint density at radius 2 is 1.71 bits per heavy atom. The highest BCUT2D eigenvalue weighted by molar-refractivity contribution is 7.93. The lowest BCUT2D eigenvalue weighted by Crippen LogP contribution is -2.42. The summed E-state index contributed by atoms with van der Waals surface area (Å²) in [5, 5.41) is 10.1. The lowest BCUT2D eigenvalue weighted by molar-refractivity contribution is -0.160. The van der Waals surface area contributed by atoms with Crippen LogP contribution < -0.4 is 0 Å². The van der Waals surface area contributed by atoms with Crippen molar-refractivity contribution in [2.75, 3.05) is 13.1 Å². The summed E-state index contributed by atoms with van der Waals surface area (Å²) in [5.74, 6) is -1.14. The number of nitrogens with zero attached hydrogens (tertiary/aromatic N) is 1. The zero-order valence-corrected chi connectivity index (χ0v) is 22.6. The predicted octanol–water partition coefficient (Wildman–Crippen LogP) is 5.16. The largest absolute Gasteiger partial charge is 0.462 e. The number of carbonyl (C=O) groups excluding carboxylic acids is 1. The van der Waals surface area contributed by atoms with Gasteiger partial charge in [-0.25, -0.2) is 12.8 Å². The monoisotopic (exact) mass is 539 g/mol. The molecule has 8 heteroatoms. The van der Waals surface area contributed by atoms with Gasteiger partial charge in [0.15, 0.2) is 0 Å². The first-order valence-electron chi connectivity index (χ1n) is 13.3. The molecule has 0 saturated carbocycles. The molecule has 6 nitrogen and oxygen atoms in total. The molecular formula is C30H34FNO5S. The minimum absolute atomic E-state index is 0.00576. The number of aliphatic hydroxyl groups is 1. The van der Waals surface area contributed by atoms with Crippen molar-refractivity contribution in [3.63, 3.8) is 0 Å². The Hall–Kier alpha value is -2.81. The van der Waals surface area contributed by atoms with E-state index in [1.807, 2.05) is 44.2 Å². The molecule has 2 aliphatic heterocycles. The van der Waals surface area contributed by atoms with Crippen molar-refractivity contribution < 1.29 is 27.4 Å². The quantitative estimate of drug-likeness (QED) is 0.469. The van der Waals surface area contributed by atoms with Gasteiger partial charge in [0.2, 0.25) is 10.0 Å². The van der Waals surface area contributed by atoms with Crippen molar-refractivity contribution in [1.82, 2.24) is 4.31 Å². The zero-order chi connectivity index (χ0) is 27.0. The van der Waals surface area contributed by atoms with E-state index >= 15 is 0 Å². The van der Waals surface area contributed by atoms with E-state index < -0.39 is 28.2 Å². The summed E-state index contributed by atoms with van der Waals surface area (Å²) in [6, 6.07) is 15.7. The van der Waals surface area contributed by atoms with Gasteiger partial charge in [0.05, 0.1) is 17.4 Å². The second kappa shape index (κ2) is 10.8. The Bertz CT molecular complexity index is 1360. The molecule has 2 heterocycles. The number of esters is 1. The van der Waals surface area contributed by atoms with Crippen LogP contribution in [0.3, 0.4) is 0 Å². The fraction of sp³-hybridized carbons (Fsp3) is 0.433. The third-order valence-corrected chi connectivity index (χ3v) is 9.75. The standard InChI is InChI=1S/C30H34FNO5S/c1-19(2)27-25(14-13-24-17-23(33)18-26(34)37-24)28(21-9-11-22(31)12-10-21)29(20-7-4-3-5-8-20)30(27)38(35,36)32-15-6-16-32/h3-5,7-12,19,23-25,33H,6,13-18H2,1-2H3/t23-,24-,25?/m1/s1. The van der Waals surface area contributed by atoms with Crippen LogP contribution >= 0.6 is 0 Å². The van der Waals surface area contributed by atoms with E-state index in [4.69, 9.17) is 4.74 Å². The molecule has 0 spiro atoms. The summed E-state index contributed by atoms with van der Waals surface area (Å²) in [5.41, 5.74) is 3.91. The third-order valence-electron chi connectivity index (χ3n) is 7.75. The topological polar surface area (TPSA) is 83.9 Å². The van der Waals surface area contributed by atoms with Crippen LogP contribution in [0, 0.1) is 17.7 Å².